The van der Waals surface area contributed by atoms with Crippen LogP contribution in [0.4, 0.5) is 30.4 Å². The highest BCUT2D eigenvalue weighted by Gasteiger charge is 2.36. The Morgan fingerprint density at radius 3 is 2.31 bits per heavy atom. The summed E-state index contributed by atoms with van der Waals surface area (Å²) in [4.78, 5) is 4.33. The van der Waals surface area contributed by atoms with Crippen LogP contribution in [-0.4, -0.2) is 14.6 Å². The van der Waals surface area contributed by atoms with Crippen molar-refractivity contribution in [3.63, 3.8) is 0 Å². The number of benzene rings is 2. The van der Waals surface area contributed by atoms with E-state index in [-0.39, 0.29) is 22.8 Å². The molecule has 4 aromatic rings. The molecule has 0 atom stereocenters. The summed E-state index contributed by atoms with van der Waals surface area (Å²) in [5.41, 5.74) is 6.96. The zero-order chi connectivity index (χ0) is 20.6. The van der Waals surface area contributed by atoms with Gasteiger partial charge in [0.15, 0.2) is 22.8 Å². The summed E-state index contributed by atoms with van der Waals surface area (Å²) in [6.45, 7) is 1.93. The van der Waals surface area contributed by atoms with Crippen molar-refractivity contribution in [3.05, 3.63) is 71.9 Å². The number of nitrogens with zero attached hydrogens (tertiary/aromatic N) is 5. The Bertz CT molecular complexity index is 1200. The molecule has 0 aliphatic carbocycles. The van der Waals surface area contributed by atoms with E-state index in [1.54, 1.807) is 42.5 Å². The number of aromatic nitrogens is 3. The van der Waals surface area contributed by atoms with Gasteiger partial charge in [-0.15, -0.1) is 10.2 Å². The number of halogens is 3. The lowest BCUT2D eigenvalue weighted by molar-refractivity contribution is -0.142. The van der Waals surface area contributed by atoms with Crippen molar-refractivity contribution in [2.75, 3.05) is 5.73 Å². The lowest BCUT2D eigenvalue weighted by Crippen LogP contribution is -2.13. The molecule has 0 aliphatic heterocycles. The van der Waals surface area contributed by atoms with Crippen molar-refractivity contribution in [1.29, 1.82) is 0 Å². The molecule has 0 saturated heterocycles. The van der Waals surface area contributed by atoms with Crippen LogP contribution in [0.15, 0.2) is 70.9 Å². The number of hydrogen-bond acceptors (Lipinski definition) is 5. The fourth-order valence-electron chi connectivity index (χ4n) is 2.80. The number of fused-ring (bicyclic) bond motifs is 1. The molecule has 4 rings (SSSR count). The number of hydrogen-bond donors (Lipinski definition) is 1. The van der Waals surface area contributed by atoms with Gasteiger partial charge in [0.25, 0.3) is 0 Å². The molecule has 0 amide bonds. The first kappa shape index (κ1) is 18.6. The Morgan fingerprint density at radius 1 is 0.966 bits per heavy atom. The van der Waals surface area contributed by atoms with Gasteiger partial charge < -0.3 is 5.73 Å². The second-order valence-electron chi connectivity index (χ2n) is 6.40. The third-order valence-corrected chi connectivity index (χ3v) is 4.25. The van der Waals surface area contributed by atoms with Crippen molar-refractivity contribution < 1.29 is 13.2 Å². The van der Waals surface area contributed by atoms with Gasteiger partial charge in [0.2, 0.25) is 0 Å². The van der Waals surface area contributed by atoms with Crippen molar-refractivity contribution >= 4 is 22.8 Å². The lowest BCUT2D eigenvalue weighted by Gasteiger charge is -2.11. The van der Waals surface area contributed by atoms with E-state index in [1.807, 2.05) is 19.1 Å². The molecule has 0 radical (unpaired) electrons. The first-order valence-corrected chi connectivity index (χ1v) is 8.63. The first-order chi connectivity index (χ1) is 13.8. The molecule has 9 heteroatoms. The Balaban J connectivity index is 1.91. The van der Waals surface area contributed by atoms with Crippen LogP contribution >= 0.6 is 0 Å². The van der Waals surface area contributed by atoms with E-state index in [0.29, 0.717) is 15.8 Å². The van der Waals surface area contributed by atoms with Crippen molar-refractivity contribution in [2.45, 2.75) is 13.1 Å². The van der Waals surface area contributed by atoms with E-state index >= 15 is 0 Å². The molecule has 0 bridgehead atoms. The maximum absolute atomic E-state index is 13.7. The number of azo groups is 1. The summed E-state index contributed by atoms with van der Waals surface area (Å²) in [6, 6.07) is 16.7. The van der Waals surface area contributed by atoms with Crippen molar-refractivity contribution in [2.24, 2.45) is 10.2 Å². The van der Waals surface area contributed by atoms with Gasteiger partial charge in [-0.2, -0.15) is 18.3 Å². The van der Waals surface area contributed by atoms with Gasteiger partial charge in [-0.3, -0.25) is 0 Å². The molecule has 6 nitrogen and oxygen atoms in total. The normalized spacial score (nSPS) is 12.1. The van der Waals surface area contributed by atoms with Crippen LogP contribution in [0.3, 0.4) is 0 Å². The highest BCUT2D eigenvalue weighted by atomic mass is 19.4. The number of rotatable bonds is 3. The van der Waals surface area contributed by atoms with Crippen LogP contribution in [0.25, 0.3) is 16.9 Å². The smallest absolute Gasteiger partial charge is 0.380 e. The van der Waals surface area contributed by atoms with Gasteiger partial charge in [-0.1, -0.05) is 48.0 Å². The molecule has 146 valence electrons. The minimum atomic E-state index is -4.66. The molecular weight excluding hydrogens is 381 g/mol. The minimum Gasteiger partial charge on any atom is -0.380 e. The molecule has 2 aromatic heterocycles. The summed E-state index contributed by atoms with van der Waals surface area (Å²) >= 11 is 0. The van der Waals surface area contributed by atoms with E-state index in [0.717, 1.165) is 11.6 Å². The number of aryl methyl sites for hydroxylation is 1. The van der Waals surface area contributed by atoms with E-state index in [4.69, 9.17) is 5.73 Å². The van der Waals surface area contributed by atoms with Crippen LogP contribution in [0.2, 0.25) is 0 Å². The van der Waals surface area contributed by atoms with Crippen LogP contribution < -0.4 is 5.73 Å². The maximum atomic E-state index is 13.7. The van der Waals surface area contributed by atoms with E-state index in [1.165, 1.54) is 0 Å². The van der Waals surface area contributed by atoms with Gasteiger partial charge in [-0.05, 0) is 25.1 Å². The molecule has 0 fully saturated rings. The lowest BCUT2D eigenvalue weighted by atomic mass is 10.1. The summed E-state index contributed by atoms with van der Waals surface area (Å²) in [7, 11) is 0. The highest BCUT2D eigenvalue weighted by molar-refractivity contribution is 5.78. The summed E-state index contributed by atoms with van der Waals surface area (Å²) in [5, 5.41) is 11.9. The van der Waals surface area contributed by atoms with Gasteiger partial charge in [0.05, 0.1) is 11.4 Å². The second kappa shape index (κ2) is 7.01. The Morgan fingerprint density at radius 2 is 1.66 bits per heavy atom. The van der Waals surface area contributed by atoms with E-state index in [9.17, 15) is 13.2 Å². The van der Waals surface area contributed by atoms with Crippen LogP contribution in [0, 0.1) is 6.92 Å². The fraction of sp³-hybridized carbons (Fsp3) is 0.100. The number of nitrogen functional groups attached to an aromatic ring is 1. The number of nitrogens with two attached hydrogens (primary N) is 1. The van der Waals surface area contributed by atoms with Gasteiger partial charge >= 0.3 is 6.18 Å². The quantitative estimate of drug-likeness (QED) is 0.450. The van der Waals surface area contributed by atoms with Crippen LogP contribution in [0.1, 0.15) is 11.3 Å². The van der Waals surface area contributed by atoms with Crippen molar-refractivity contribution in [3.8, 4) is 11.3 Å². The highest BCUT2D eigenvalue weighted by Crippen LogP contribution is 2.36. The largest absolute Gasteiger partial charge is 0.433 e. The minimum absolute atomic E-state index is 0.0196. The molecular formula is C20H15F3N6. The second-order valence-corrected chi connectivity index (χ2v) is 6.40. The third-order valence-electron chi connectivity index (χ3n) is 4.25. The molecule has 29 heavy (non-hydrogen) atoms. The molecule has 2 N–H and O–H groups in total. The molecule has 2 aromatic carbocycles. The fourth-order valence-corrected chi connectivity index (χ4v) is 2.80. The van der Waals surface area contributed by atoms with Gasteiger partial charge in [0, 0.05) is 5.56 Å². The van der Waals surface area contributed by atoms with Gasteiger partial charge in [-0.25, -0.2) is 9.50 Å². The molecule has 0 saturated carbocycles. The summed E-state index contributed by atoms with van der Waals surface area (Å²) in [5.74, 6) is -0.191. The van der Waals surface area contributed by atoms with Gasteiger partial charge in [0.1, 0.15) is 0 Å². The number of alkyl halides is 3. The van der Waals surface area contributed by atoms with Crippen LogP contribution in [0.5, 0.6) is 0 Å². The SMILES string of the molecule is Cc1ccc(N=Nc2c(N)nn3c(C(F)(F)F)cc(-c4ccccc4)nc23)cc1. The maximum Gasteiger partial charge on any atom is 0.433 e. The van der Waals surface area contributed by atoms with Crippen LogP contribution in [-0.2, 0) is 6.18 Å². The predicted octanol–water partition coefficient (Wildman–Crippen LogP) is 5.72. The molecule has 0 unspecified atom stereocenters. The topological polar surface area (TPSA) is 80.9 Å². The Kier molecular flexibility index (Phi) is 4.50. The Hall–Kier alpha value is -3.75. The zero-order valence-electron chi connectivity index (χ0n) is 15.2. The predicted molar refractivity (Wildman–Crippen MR) is 103 cm³/mol. The Labute approximate surface area is 163 Å². The van der Waals surface area contributed by atoms with E-state index in [2.05, 4.69) is 20.3 Å². The molecule has 2 heterocycles. The van der Waals surface area contributed by atoms with E-state index < -0.39 is 11.9 Å². The molecule has 0 aliphatic rings. The zero-order valence-corrected chi connectivity index (χ0v) is 15.2. The third kappa shape index (κ3) is 3.66. The standard InChI is InChI=1S/C20H15F3N6/c1-12-7-9-14(10-8-12)26-27-17-18(24)28-29-16(20(21,22)23)11-15(25-19(17)29)13-5-3-2-4-6-13/h2-11H,1H3,(H2,24,28). The summed E-state index contributed by atoms with van der Waals surface area (Å²) in [6.07, 6.45) is -4.66. The monoisotopic (exact) mass is 396 g/mol. The number of anilines is 1. The first-order valence-electron chi connectivity index (χ1n) is 8.63. The average molecular weight is 396 g/mol. The molecule has 0 spiro atoms. The van der Waals surface area contributed by atoms with Crippen molar-refractivity contribution in [1.82, 2.24) is 14.6 Å². The summed E-state index contributed by atoms with van der Waals surface area (Å²) < 4.78 is 41.6. The average Bonchev–Trinajstić information content (AvgIpc) is 3.01.